The van der Waals surface area contributed by atoms with E-state index in [2.05, 4.69) is 138 Å². The molecule has 0 aliphatic rings. The molecule has 2 heteroatoms. The first-order valence-electron chi connectivity index (χ1n) is 8.74. The molecular formula is C24H19ISi. The van der Waals surface area contributed by atoms with E-state index in [1.165, 1.54) is 24.3 Å². The van der Waals surface area contributed by atoms with Gasteiger partial charge in [0, 0.05) is 3.57 Å². The highest BCUT2D eigenvalue weighted by atomic mass is 127. The Morgan fingerprint density at radius 2 is 0.692 bits per heavy atom. The number of benzene rings is 4. The van der Waals surface area contributed by atoms with E-state index >= 15 is 0 Å². The van der Waals surface area contributed by atoms with Gasteiger partial charge >= 0.3 is 0 Å². The van der Waals surface area contributed by atoms with Crippen LogP contribution in [0.3, 0.4) is 0 Å². The lowest BCUT2D eigenvalue weighted by molar-refractivity contribution is 1.64. The van der Waals surface area contributed by atoms with Gasteiger partial charge in [0.2, 0.25) is 0 Å². The fourth-order valence-electron chi connectivity index (χ4n) is 3.76. The Bertz CT molecular complexity index is 868. The highest BCUT2D eigenvalue weighted by molar-refractivity contribution is 14.1. The zero-order valence-electron chi connectivity index (χ0n) is 14.3. The van der Waals surface area contributed by atoms with E-state index in [9.17, 15) is 0 Å². The first-order chi connectivity index (χ1) is 12.8. The van der Waals surface area contributed by atoms with Gasteiger partial charge in [0.15, 0.2) is 8.07 Å². The minimum atomic E-state index is -2.33. The van der Waals surface area contributed by atoms with Crippen LogP contribution >= 0.6 is 22.6 Å². The lowest BCUT2D eigenvalue weighted by atomic mass is 10.3. The third-order valence-corrected chi connectivity index (χ3v) is 10.4. The number of rotatable bonds is 4. The van der Waals surface area contributed by atoms with Crippen molar-refractivity contribution in [1.82, 2.24) is 0 Å². The van der Waals surface area contributed by atoms with Crippen molar-refractivity contribution < 1.29 is 0 Å². The second-order valence-corrected chi connectivity index (χ2v) is 11.4. The van der Waals surface area contributed by atoms with Crippen LogP contribution in [0.4, 0.5) is 0 Å². The molecule has 126 valence electrons. The average molecular weight is 462 g/mol. The van der Waals surface area contributed by atoms with E-state index in [1.54, 1.807) is 0 Å². The standard InChI is InChI=1S/C24H19ISi/c25-20-16-18-24(19-17-20)26(21-10-4-1-5-11-21,22-12-6-2-7-13-22)23-14-8-3-9-15-23/h1-19H. The van der Waals surface area contributed by atoms with Crippen LogP contribution in [-0.4, -0.2) is 8.07 Å². The number of halogens is 1. The van der Waals surface area contributed by atoms with Gasteiger partial charge in [-0.15, -0.1) is 0 Å². The zero-order chi connectivity index (χ0) is 17.8. The van der Waals surface area contributed by atoms with Crippen molar-refractivity contribution in [3.63, 3.8) is 0 Å². The van der Waals surface area contributed by atoms with Gasteiger partial charge in [0.05, 0.1) is 0 Å². The SMILES string of the molecule is Ic1ccc([Si](c2ccccc2)(c2ccccc2)c2ccccc2)cc1. The third kappa shape index (κ3) is 3.04. The predicted octanol–water partition coefficient (Wildman–Crippen LogP) is 3.67. The molecule has 0 aromatic heterocycles. The van der Waals surface area contributed by atoms with Gasteiger partial charge < -0.3 is 0 Å². The molecule has 26 heavy (non-hydrogen) atoms. The van der Waals surface area contributed by atoms with Crippen LogP contribution in [0.25, 0.3) is 0 Å². The summed E-state index contributed by atoms with van der Waals surface area (Å²) in [5.74, 6) is 0. The van der Waals surface area contributed by atoms with Crippen molar-refractivity contribution >= 4 is 51.4 Å². The molecular weight excluding hydrogens is 443 g/mol. The second-order valence-electron chi connectivity index (χ2n) is 6.35. The van der Waals surface area contributed by atoms with Crippen molar-refractivity contribution in [2.24, 2.45) is 0 Å². The van der Waals surface area contributed by atoms with Gasteiger partial charge in [-0.1, -0.05) is 103 Å². The van der Waals surface area contributed by atoms with Gasteiger partial charge in [0.25, 0.3) is 0 Å². The summed E-state index contributed by atoms with van der Waals surface area (Å²) in [7, 11) is -2.33. The second kappa shape index (κ2) is 7.60. The molecule has 0 fully saturated rings. The first kappa shape index (κ1) is 17.3. The summed E-state index contributed by atoms with van der Waals surface area (Å²) >= 11 is 2.38. The number of hydrogen-bond donors (Lipinski definition) is 0. The highest BCUT2D eigenvalue weighted by Crippen LogP contribution is 2.11. The van der Waals surface area contributed by atoms with Crippen LogP contribution < -0.4 is 20.7 Å². The summed E-state index contributed by atoms with van der Waals surface area (Å²) in [6.45, 7) is 0. The Morgan fingerprint density at radius 3 is 1.04 bits per heavy atom. The van der Waals surface area contributed by atoms with Gasteiger partial charge in [-0.2, -0.15) is 0 Å². The molecule has 0 saturated carbocycles. The molecule has 0 spiro atoms. The highest BCUT2D eigenvalue weighted by Gasteiger charge is 2.40. The van der Waals surface area contributed by atoms with Crippen molar-refractivity contribution in [2.75, 3.05) is 0 Å². The smallest absolute Gasteiger partial charge is 0.0623 e. The van der Waals surface area contributed by atoms with Gasteiger partial charge in [-0.25, -0.2) is 0 Å². The van der Waals surface area contributed by atoms with E-state index < -0.39 is 8.07 Å². The molecule has 0 N–H and O–H groups in total. The molecule has 4 aromatic rings. The Labute approximate surface area is 169 Å². The summed E-state index contributed by atoms with van der Waals surface area (Å²) in [6.07, 6.45) is 0. The van der Waals surface area contributed by atoms with Gasteiger partial charge in [0.1, 0.15) is 0 Å². The van der Waals surface area contributed by atoms with Crippen molar-refractivity contribution in [3.05, 3.63) is 119 Å². The molecule has 0 nitrogen and oxygen atoms in total. The predicted molar refractivity (Wildman–Crippen MR) is 123 cm³/mol. The van der Waals surface area contributed by atoms with E-state index in [-0.39, 0.29) is 0 Å². The minimum Gasteiger partial charge on any atom is -0.0623 e. The average Bonchev–Trinajstić information content (AvgIpc) is 2.72. The van der Waals surface area contributed by atoms with Crippen LogP contribution in [0, 0.1) is 3.57 Å². The minimum absolute atomic E-state index is 1.27. The Balaban J connectivity index is 2.12. The van der Waals surface area contributed by atoms with Crippen LogP contribution in [0.15, 0.2) is 115 Å². The molecule has 0 atom stereocenters. The fourth-order valence-corrected chi connectivity index (χ4v) is 8.87. The molecule has 0 aliphatic heterocycles. The zero-order valence-corrected chi connectivity index (χ0v) is 17.5. The first-order valence-corrected chi connectivity index (χ1v) is 11.8. The van der Waals surface area contributed by atoms with E-state index in [4.69, 9.17) is 0 Å². The fraction of sp³-hybridized carbons (Fsp3) is 0. The van der Waals surface area contributed by atoms with Crippen LogP contribution in [-0.2, 0) is 0 Å². The quantitative estimate of drug-likeness (QED) is 0.247. The maximum Gasteiger partial charge on any atom is 0.179 e. The van der Waals surface area contributed by atoms with E-state index in [0.29, 0.717) is 0 Å². The van der Waals surface area contributed by atoms with Crippen LogP contribution in [0.5, 0.6) is 0 Å². The number of hydrogen-bond acceptors (Lipinski definition) is 0. The van der Waals surface area contributed by atoms with Gasteiger partial charge in [-0.3, -0.25) is 0 Å². The summed E-state index contributed by atoms with van der Waals surface area (Å²) in [5.41, 5.74) is 0. The topological polar surface area (TPSA) is 0 Å². The molecule has 0 heterocycles. The molecule has 0 amide bonds. The molecule has 0 bridgehead atoms. The monoisotopic (exact) mass is 462 g/mol. The maximum absolute atomic E-state index is 2.38. The van der Waals surface area contributed by atoms with Gasteiger partial charge in [-0.05, 0) is 55.5 Å². The molecule has 0 radical (unpaired) electrons. The Hall–Kier alpha value is -2.17. The lowest BCUT2D eigenvalue weighted by Gasteiger charge is -2.34. The van der Waals surface area contributed by atoms with Crippen molar-refractivity contribution in [1.29, 1.82) is 0 Å². The maximum atomic E-state index is 2.38. The van der Waals surface area contributed by atoms with E-state index in [0.717, 1.165) is 0 Å². The lowest BCUT2D eigenvalue weighted by Crippen LogP contribution is -2.74. The summed E-state index contributed by atoms with van der Waals surface area (Å²) in [4.78, 5) is 0. The van der Waals surface area contributed by atoms with E-state index in [1.807, 2.05) is 0 Å². The Kier molecular flexibility index (Phi) is 5.04. The summed E-state index contributed by atoms with van der Waals surface area (Å²) in [6, 6.07) is 42.2. The summed E-state index contributed by atoms with van der Waals surface area (Å²) in [5, 5.41) is 5.66. The summed E-state index contributed by atoms with van der Waals surface area (Å²) < 4.78 is 1.27. The molecule has 0 aliphatic carbocycles. The molecule has 4 rings (SSSR count). The normalized spacial score (nSPS) is 11.3. The van der Waals surface area contributed by atoms with Crippen LogP contribution in [0.1, 0.15) is 0 Å². The Morgan fingerprint density at radius 1 is 0.385 bits per heavy atom. The largest absolute Gasteiger partial charge is 0.179 e. The van der Waals surface area contributed by atoms with Crippen LogP contribution in [0.2, 0.25) is 0 Å². The van der Waals surface area contributed by atoms with Crippen molar-refractivity contribution in [2.45, 2.75) is 0 Å². The molecule has 0 unspecified atom stereocenters. The third-order valence-electron chi connectivity index (χ3n) is 4.90. The van der Waals surface area contributed by atoms with Crippen molar-refractivity contribution in [3.8, 4) is 0 Å². The molecule has 4 aromatic carbocycles. The molecule has 0 saturated heterocycles.